The van der Waals surface area contributed by atoms with Crippen molar-refractivity contribution >= 4 is 0 Å². The lowest BCUT2D eigenvalue weighted by Gasteiger charge is -2.35. The van der Waals surface area contributed by atoms with Crippen LogP contribution in [0.25, 0.3) is 0 Å². The fraction of sp³-hybridized carbons (Fsp3) is 0.684. The summed E-state index contributed by atoms with van der Waals surface area (Å²) in [6, 6.07) is 7.83. The van der Waals surface area contributed by atoms with Gasteiger partial charge < -0.3 is 9.64 Å². The van der Waals surface area contributed by atoms with Gasteiger partial charge in [0.2, 0.25) is 0 Å². The zero-order valence-electron chi connectivity index (χ0n) is 13.6. The molecule has 3 rings (SSSR count). The minimum atomic E-state index is -0.0456. The normalized spacial score (nSPS) is 30.4. The van der Waals surface area contributed by atoms with Gasteiger partial charge in [-0.1, -0.05) is 24.6 Å². The summed E-state index contributed by atoms with van der Waals surface area (Å²) in [5, 5.41) is 0. The van der Waals surface area contributed by atoms with Crippen LogP contribution in [-0.2, 0) is 4.74 Å². The minimum absolute atomic E-state index is 0.0456. The average molecular weight is 305 g/mol. The molecular formula is C19H28FNO. The van der Waals surface area contributed by atoms with Gasteiger partial charge in [-0.2, -0.15) is 0 Å². The van der Waals surface area contributed by atoms with Crippen molar-refractivity contribution in [2.75, 3.05) is 20.2 Å². The van der Waals surface area contributed by atoms with E-state index in [1.54, 1.807) is 12.1 Å². The molecule has 122 valence electrons. The SMILES string of the molecule is CN1CCCCC1COC1CCC(c2ccccc2F)CC1. The van der Waals surface area contributed by atoms with Crippen LogP contribution in [0.2, 0.25) is 0 Å². The summed E-state index contributed by atoms with van der Waals surface area (Å²) < 4.78 is 20.0. The highest BCUT2D eigenvalue weighted by molar-refractivity contribution is 5.22. The molecule has 2 aliphatic rings. The van der Waals surface area contributed by atoms with Crippen LogP contribution in [-0.4, -0.2) is 37.2 Å². The van der Waals surface area contributed by atoms with Crippen LogP contribution >= 0.6 is 0 Å². The third-order valence-electron chi connectivity index (χ3n) is 5.47. The van der Waals surface area contributed by atoms with E-state index in [0.29, 0.717) is 18.1 Å². The van der Waals surface area contributed by atoms with Gasteiger partial charge in [-0.25, -0.2) is 4.39 Å². The number of ether oxygens (including phenoxy) is 1. The minimum Gasteiger partial charge on any atom is -0.377 e. The zero-order chi connectivity index (χ0) is 15.4. The second-order valence-corrected chi connectivity index (χ2v) is 6.96. The Balaban J connectivity index is 1.45. The van der Waals surface area contributed by atoms with E-state index in [4.69, 9.17) is 4.74 Å². The van der Waals surface area contributed by atoms with Crippen molar-refractivity contribution in [3.8, 4) is 0 Å². The van der Waals surface area contributed by atoms with Crippen LogP contribution in [0.15, 0.2) is 24.3 Å². The maximum absolute atomic E-state index is 13.9. The van der Waals surface area contributed by atoms with Gasteiger partial charge in [0.25, 0.3) is 0 Å². The van der Waals surface area contributed by atoms with Crippen molar-refractivity contribution in [3.05, 3.63) is 35.6 Å². The molecule has 1 unspecified atom stereocenters. The first-order valence-electron chi connectivity index (χ1n) is 8.80. The van der Waals surface area contributed by atoms with Crippen molar-refractivity contribution in [2.45, 2.75) is 63.0 Å². The number of likely N-dealkylation sites (N-methyl/N-ethyl adjacent to an activating group) is 1. The van der Waals surface area contributed by atoms with Gasteiger partial charge in [-0.15, -0.1) is 0 Å². The molecule has 0 amide bonds. The monoisotopic (exact) mass is 305 g/mol. The molecule has 3 heteroatoms. The fourth-order valence-electron chi connectivity index (χ4n) is 3.95. The van der Waals surface area contributed by atoms with Crippen LogP contribution in [0.5, 0.6) is 0 Å². The second-order valence-electron chi connectivity index (χ2n) is 6.96. The predicted octanol–water partition coefficient (Wildman–Crippen LogP) is 4.35. The molecule has 0 N–H and O–H groups in total. The lowest BCUT2D eigenvalue weighted by molar-refractivity contribution is -0.0145. The summed E-state index contributed by atoms with van der Waals surface area (Å²) in [6.07, 6.45) is 8.52. The Labute approximate surface area is 133 Å². The fourth-order valence-corrected chi connectivity index (χ4v) is 3.95. The van der Waals surface area contributed by atoms with E-state index in [0.717, 1.165) is 37.9 Å². The van der Waals surface area contributed by atoms with E-state index in [1.807, 2.05) is 12.1 Å². The smallest absolute Gasteiger partial charge is 0.126 e. The van der Waals surface area contributed by atoms with Gasteiger partial charge in [0, 0.05) is 6.04 Å². The molecule has 1 aromatic rings. The summed E-state index contributed by atoms with van der Waals surface area (Å²) in [6.45, 7) is 2.07. The predicted molar refractivity (Wildman–Crippen MR) is 87.6 cm³/mol. The second kappa shape index (κ2) is 7.56. The third kappa shape index (κ3) is 3.88. The molecule has 2 nitrogen and oxygen atoms in total. The number of piperidine rings is 1. The Morgan fingerprint density at radius 3 is 2.59 bits per heavy atom. The Kier molecular flexibility index (Phi) is 5.48. The molecular weight excluding hydrogens is 277 g/mol. The standard InChI is InChI=1S/C19H28FNO/c1-21-13-5-4-6-16(21)14-22-17-11-9-15(10-12-17)18-7-2-3-8-19(18)20/h2-3,7-8,15-17H,4-6,9-14H2,1H3. The van der Waals surface area contributed by atoms with E-state index in [9.17, 15) is 4.39 Å². The first-order chi connectivity index (χ1) is 10.7. The van der Waals surface area contributed by atoms with Gasteiger partial charge in [-0.05, 0) is 69.7 Å². The number of nitrogens with zero attached hydrogens (tertiary/aromatic N) is 1. The van der Waals surface area contributed by atoms with Crippen molar-refractivity contribution in [1.82, 2.24) is 4.90 Å². The molecule has 22 heavy (non-hydrogen) atoms. The molecule has 1 heterocycles. The van der Waals surface area contributed by atoms with E-state index in [2.05, 4.69) is 11.9 Å². The van der Waals surface area contributed by atoms with Crippen LogP contribution in [0, 0.1) is 5.82 Å². The van der Waals surface area contributed by atoms with Gasteiger partial charge in [0.1, 0.15) is 5.82 Å². The van der Waals surface area contributed by atoms with Crippen LogP contribution in [0.4, 0.5) is 4.39 Å². The number of hydrogen-bond donors (Lipinski definition) is 0. The first-order valence-corrected chi connectivity index (χ1v) is 8.80. The quantitative estimate of drug-likeness (QED) is 0.820. The lowest BCUT2D eigenvalue weighted by atomic mass is 9.82. The van der Waals surface area contributed by atoms with Crippen LogP contribution in [0.1, 0.15) is 56.4 Å². The topological polar surface area (TPSA) is 12.5 Å². The summed E-state index contributed by atoms with van der Waals surface area (Å²) in [5.41, 5.74) is 0.896. The molecule has 1 saturated heterocycles. The highest BCUT2D eigenvalue weighted by Crippen LogP contribution is 2.35. The number of rotatable bonds is 4. The van der Waals surface area contributed by atoms with Crippen molar-refractivity contribution in [3.63, 3.8) is 0 Å². The van der Waals surface area contributed by atoms with Crippen molar-refractivity contribution < 1.29 is 9.13 Å². The van der Waals surface area contributed by atoms with Crippen molar-refractivity contribution in [2.24, 2.45) is 0 Å². The van der Waals surface area contributed by atoms with E-state index < -0.39 is 0 Å². The molecule has 0 bridgehead atoms. The molecule has 1 atom stereocenters. The number of hydrogen-bond acceptors (Lipinski definition) is 2. The van der Waals surface area contributed by atoms with Crippen molar-refractivity contribution in [1.29, 1.82) is 0 Å². The van der Waals surface area contributed by atoms with Crippen LogP contribution in [0.3, 0.4) is 0 Å². The van der Waals surface area contributed by atoms with Gasteiger partial charge in [0.15, 0.2) is 0 Å². The zero-order valence-corrected chi connectivity index (χ0v) is 13.6. The maximum atomic E-state index is 13.9. The molecule has 1 aliphatic heterocycles. The Morgan fingerprint density at radius 2 is 1.86 bits per heavy atom. The summed E-state index contributed by atoms with van der Waals surface area (Å²) >= 11 is 0. The highest BCUT2D eigenvalue weighted by atomic mass is 19.1. The summed E-state index contributed by atoms with van der Waals surface area (Å²) in [7, 11) is 2.21. The van der Waals surface area contributed by atoms with Crippen LogP contribution < -0.4 is 0 Å². The van der Waals surface area contributed by atoms with Gasteiger partial charge >= 0.3 is 0 Å². The molecule has 1 aromatic carbocycles. The molecule has 1 aliphatic carbocycles. The average Bonchev–Trinajstić information content (AvgIpc) is 2.55. The van der Waals surface area contributed by atoms with Gasteiger partial charge in [-0.3, -0.25) is 0 Å². The third-order valence-corrected chi connectivity index (χ3v) is 5.47. The van der Waals surface area contributed by atoms with Gasteiger partial charge in [0.05, 0.1) is 12.7 Å². The molecule has 0 spiro atoms. The molecule has 0 radical (unpaired) electrons. The Bertz CT molecular complexity index is 470. The highest BCUT2D eigenvalue weighted by Gasteiger charge is 2.26. The molecule has 0 aromatic heterocycles. The number of benzene rings is 1. The Morgan fingerprint density at radius 1 is 1.09 bits per heavy atom. The largest absolute Gasteiger partial charge is 0.377 e. The van der Waals surface area contributed by atoms with E-state index in [-0.39, 0.29) is 5.82 Å². The Hall–Kier alpha value is -0.930. The van der Waals surface area contributed by atoms with E-state index in [1.165, 1.54) is 25.8 Å². The molecule has 1 saturated carbocycles. The van der Waals surface area contributed by atoms with E-state index >= 15 is 0 Å². The lowest BCUT2D eigenvalue weighted by Crippen LogP contribution is -2.40. The number of halogens is 1. The molecule has 2 fully saturated rings. The summed E-state index contributed by atoms with van der Waals surface area (Å²) in [4.78, 5) is 2.44. The number of likely N-dealkylation sites (tertiary alicyclic amines) is 1. The maximum Gasteiger partial charge on any atom is 0.126 e. The summed E-state index contributed by atoms with van der Waals surface area (Å²) in [5.74, 6) is 0.328. The first kappa shape index (κ1) is 15.9.